The molecule has 0 aliphatic carbocycles. The van der Waals surface area contributed by atoms with Crippen LogP contribution in [0.2, 0.25) is 5.02 Å². The number of hydrogen-bond acceptors (Lipinski definition) is 8. The summed E-state index contributed by atoms with van der Waals surface area (Å²) in [4.78, 5) is 48.4. The first kappa shape index (κ1) is 31.7. The minimum atomic E-state index is -0.940. The number of aliphatic imine (C=N–C) groups is 1. The number of carbonyl (C=O) groups is 2. The van der Waals surface area contributed by atoms with E-state index in [4.69, 9.17) is 21.1 Å². The summed E-state index contributed by atoms with van der Waals surface area (Å²) >= 11 is 5.90. The molecule has 1 fully saturated rings. The molecular formula is C32H36ClN5O5. The van der Waals surface area contributed by atoms with Crippen molar-refractivity contribution in [1.29, 1.82) is 0 Å². The minimum Gasteiger partial charge on any atom is -0.467 e. The van der Waals surface area contributed by atoms with Crippen molar-refractivity contribution >= 4 is 46.7 Å². The smallest absolute Gasteiger partial charge is 0.259 e. The van der Waals surface area contributed by atoms with Crippen LogP contribution in [0.5, 0.6) is 5.75 Å². The van der Waals surface area contributed by atoms with Crippen LogP contribution >= 0.6 is 11.6 Å². The number of amides is 2. The number of para-hydroxylation sites is 1. The van der Waals surface area contributed by atoms with E-state index in [0.717, 1.165) is 31.6 Å². The molecule has 226 valence electrons. The van der Waals surface area contributed by atoms with Crippen molar-refractivity contribution in [1.82, 2.24) is 4.98 Å². The molecule has 1 aliphatic heterocycles. The third kappa shape index (κ3) is 8.88. The summed E-state index contributed by atoms with van der Waals surface area (Å²) in [7, 11) is 0. The van der Waals surface area contributed by atoms with E-state index in [2.05, 4.69) is 25.5 Å². The second-order valence-electron chi connectivity index (χ2n) is 11.3. The van der Waals surface area contributed by atoms with Gasteiger partial charge in [-0.25, -0.2) is 9.78 Å². The minimum absolute atomic E-state index is 0.215. The second-order valence-corrected chi connectivity index (χ2v) is 11.8. The monoisotopic (exact) mass is 605 g/mol. The highest BCUT2D eigenvalue weighted by Crippen LogP contribution is 2.31. The molecule has 11 heteroatoms. The van der Waals surface area contributed by atoms with Crippen molar-refractivity contribution < 1.29 is 23.9 Å². The molecule has 0 spiro atoms. The van der Waals surface area contributed by atoms with Crippen LogP contribution in [-0.2, 0) is 9.53 Å². The Balaban J connectivity index is 1.61. The predicted molar refractivity (Wildman–Crippen MR) is 167 cm³/mol. The van der Waals surface area contributed by atoms with Gasteiger partial charge in [0.25, 0.3) is 11.8 Å². The molecule has 2 aromatic carbocycles. The SMILES string of the molecule is CC(COC(C)(C)C)C(N=C=O)Oc1cc(N2CCCC2)ccc1C(=O)Nc1ccccc1C(=O)Nc1ccc(Cl)cn1. The Hall–Kier alpha value is -4.24. The van der Waals surface area contributed by atoms with Crippen molar-refractivity contribution in [3.8, 4) is 5.75 Å². The number of hydrogen-bond donors (Lipinski definition) is 2. The Morgan fingerprint density at radius 2 is 1.77 bits per heavy atom. The second kappa shape index (κ2) is 14.3. The predicted octanol–water partition coefficient (Wildman–Crippen LogP) is 6.33. The molecule has 2 amide bonds. The van der Waals surface area contributed by atoms with Crippen LogP contribution in [0.4, 0.5) is 17.2 Å². The quantitative estimate of drug-likeness (QED) is 0.193. The molecule has 0 radical (unpaired) electrons. The fraction of sp³-hybridized carbons (Fsp3) is 0.375. The molecule has 1 saturated heterocycles. The van der Waals surface area contributed by atoms with Crippen LogP contribution in [0.3, 0.4) is 0 Å². The molecule has 2 unspecified atom stereocenters. The van der Waals surface area contributed by atoms with E-state index >= 15 is 0 Å². The molecule has 1 aliphatic rings. The lowest BCUT2D eigenvalue weighted by molar-refractivity contribution is -0.0379. The van der Waals surface area contributed by atoms with E-state index in [-0.39, 0.29) is 29.4 Å². The van der Waals surface area contributed by atoms with Crippen molar-refractivity contribution in [2.75, 3.05) is 35.2 Å². The van der Waals surface area contributed by atoms with Crippen LogP contribution < -0.4 is 20.3 Å². The number of nitrogens with one attached hydrogen (secondary N) is 2. The average Bonchev–Trinajstić information content (AvgIpc) is 3.52. The van der Waals surface area contributed by atoms with Gasteiger partial charge in [-0.2, -0.15) is 4.99 Å². The standard InChI is InChI=1S/C32H36ClN5O5/c1-21(19-42-32(2,3)4)31(35-20-39)43-27-17-23(38-15-7-8-16-38)12-13-25(27)30(41)36-26-10-6-5-9-24(26)29(40)37-28-14-11-22(33)18-34-28/h5-6,9-14,17-18,21,31H,7-8,15-16,19H2,1-4H3,(H,36,41)(H,34,37,40). The Kier molecular flexibility index (Phi) is 10.5. The number of benzene rings is 2. The first-order chi connectivity index (χ1) is 20.5. The summed E-state index contributed by atoms with van der Waals surface area (Å²) in [6.07, 6.45) is 4.22. The van der Waals surface area contributed by atoms with Crippen molar-refractivity contribution in [3.05, 3.63) is 76.9 Å². The fourth-order valence-corrected chi connectivity index (χ4v) is 4.61. The zero-order valence-electron chi connectivity index (χ0n) is 24.7. The first-order valence-corrected chi connectivity index (χ1v) is 14.5. The topological polar surface area (TPSA) is 122 Å². The van der Waals surface area contributed by atoms with Gasteiger partial charge in [-0.3, -0.25) is 9.59 Å². The maximum atomic E-state index is 13.7. The maximum Gasteiger partial charge on any atom is 0.259 e. The van der Waals surface area contributed by atoms with E-state index in [0.29, 0.717) is 16.5 Å². The molecule has 43 heavy (non-hydrogen) atoms. The number of carbonyl (C=O) groups excluding carboxylic acids is 3. The molecule has 3 aromatic rings. The molecule has 2 heterocycles. The summed E-state index contributed by atoms with van der Waals surface area (Å²) in [5.41, 5.74) is 1.25. The highest BCUT2D eigenvalue weighted by atomic mass is 35.5. The van der Waals surface area contributed by atoms with Crippen molar-refractivity contribution in [2.24, 2.45) is 10.9 Å². The van der Waals surface area contributed by atoms with E-state index < -0.39 is 23.6 Å². The third-order valence-corrected chi connectivity index (χ3v) is 6.99. The average molecular weight is 606 g/mol. The maximum absolute atomic E-state index is 13.7. The Morgan fingerprint density at radius 1 is 1.05 bits per heavy atom. The molecule has 2 N–H and O–H groups in total. The van der Waals surface area contributed by atoms with Gasteiger partial charge < -0.3 is 25.0 Å². The fourth-order valence-electron chi connectivity index (χ4n) is 4.50. The van der Waals surface area contributed by atoms with E-state index in [1.165, 1.54) is 6.20 Å². The van der Waals surface area contributed by atoms with Crippen molar-refractivity contribution in [3.63, 3.8) is 0 Å². The van der Waals surface area contributed by atoms with Gasteiger partial charge in [-0.1, -0.05) is 30.7 Å². The van der Waals surface area contributed by atoms with E-state index in [9.17, 15) is 14.4 Å². The number of halogens is 1. The number of isocyanates is 1. The van der Waals surface area contributed by atoms with E-state index in [1.54, 1.807) is 54.6 Å². The highest BCUT2D eigenvalue weighted by molar-refractivity contribution is 6.30. The summed E-state index contributed by atoms with van der Waals surface area (Å²) in [5.74, 6) is -0.714. The lowest BCUT2D eigenvalue weighted by atomic mass is 10.1. The third-order valence-electron chi connectivity index (χ3n) is 6.76. The van der Waals surface area contributed by atoms with Gasteiger partial charge in [0.2, 0.25) is 12.3 Å². The van der Waals surface area contributed by atoms with Crippen LogP contribution in [-0.4, -0.2) is 54.4 Å². The summed E-state index contributed by atoms with van der Waals surface area (Å²) in [6.45, 7) is 9.71. The normalized spacial score (nSPS) is 14.4. The number of rotatable bonds is 11. The van der Waals surface area contributed by atoms with Crippen LogP contribution in [0.1, 0.15) is 61.3 Å². The van der Waals surface area contributed by atoms with Gasteiger partial charge in [0.15, 0.2) is 0 Å². The van der Waals surface area contributed by atoms with Gasteiger partial charge in [0, 0.05) is 37.0 Å². The molecular weight excluding hydrogens is 570 g/mol. The molecule has 1 aromatic heterocycles. The highest BCUT2D eigenvalue weighted by Gasteiger charge is 2.26. The van der Waals surface area contributed by atoms with Gasteiger partial charge in [-0.15, -0.1) is 0 Å². The van der Waals surface area contributed by atoms with Crippen LogP contribution in [0, 0.1) is 5.92 Å². The molecule has 4 rings (SSSR count). The van der Waals surface area contributed by atoms with E-state index in [1.807, 2.05) is 33.8 Å². The summed E-state index contributed by atoms with van der Waals surface area (Å²) in [5, 5.41) is 6.00. The number of ether oxygens (including phenoxy) is 2. The Bertz CT molecular complexity index is 1480. The number of aromatic nitrogens is 1. The van der Waals surface area contributed by atoms with Crippen LogP contribution in [0.15, 0.2) is 65.8 Å². The van der Waals surface area contributed by atoms with Crippen LogP contribution in [0.25, 0.3) is 0 Å². The zero-order valence-corrected chi connectivity index (χ0v) is 25.5. The number of anilines is 3. The lowest BCUT2D eigenvalue weighted by Crippen LogP contribution is -2.31. The Labute approximate surface area is 256 Å². The number of pyridine rings is 1. The molecule has 2 atom stereocenters. The first-order valence-electron chi connectivity index (χ1n) is 14.1. The Morgan fingerprint density at radius 3 is 2.44 bits per heavy atom. The summed E-state index contributed by atoms with van der Waals surface area (Å²) < 4.78 is 12.1. The molecule has 0 bridgehead atoms. The molecule has 10 nitrogen and oxygen atoms in total. The summed E-state index contributed by atoms with van der Waals surface area (Å²) in [6, 6.07) is 15.2. The largest absolute Gasteiger partial charge is 0.467 e. The zero-order chi connectivity index (χ0) is 31.0. The molecule has 0 saturated carbocycles. The lowest BCUT2D eigenvalue weighted by Gasteiger charge is -2.27. The van der Waals surface area contributed by atoms with Gasteiger partial charge >= 0.3 is 0 Å². The number of nitrogens with zero attached hydrogens (tertiary/aromatic N) is 3. The van der Waals surface area contributed by atoms with Crippen molar-refractivity contribution in [2.45, 2.75) is 52.4 Å². The van der Waals surface area contributed by atoms with Gasteiger partial charge in [0.05, 0.1) is 34.0 Å². The van der Waals surface area contributed by atoms with Gasteiger partial charge in [0.1, 0.15) is 11.6 Å². The van der Waals surface area contributed by atoms with Gasteiger partial charge in [-0.05, 0) is 70.0 Å².